The first-order valence-corrected chi connectivity index (χ1v) is 12.1. The Hall–Kier alpha value is -2.27. The van der Waals surface area contributed by atoms with Crippen molar-refractivity contribution < 1.29 is 12.8 Å². The number of hydrogen-bond donors (Lipinski definition) is 0. The van der Waals surface area contributed by atoms with Crippen LogP contribution < -0.4 is 0 Å². The summed E-state index contributed by atoms with van der Waals surface area (Å²) >= 11 is 5.52. The summed E-state index contributed by atoms with van der Waals surface area (Å²) in [5.41, 5.74) is 1.13. The van der Waals surface area contributed by atoms with Gasteiger partial charge in [-0.1, -0.05) is 26.0 Å². The summed E-state index contributed by atoms with van der Waals surface area (Å²) in [5, 5.41) is 4.59. The quantitative estimate of drug-likeness (QED) is 0.524. The Morgan fingerprint density at radius 3 is 2.35 bits per heavy atom. The predicted octanol–water partition coefficient (Wildman–Crippen LogP) is 3.30. The van der Waals surface area contributed by atoms with E-state index in [0.717, 1.165) is 5.56 Å². The van der Waals surface area contributed by atoms with Crippen LogP contribution in [0.5, 0.6) is 0 Å². The molecule has 4 rings (SSSR count). The van der Waals surface area contributed by atoms with Gasteiger partial charge in [-0.15, -0.1) is 5.10 Å². The number of aromatic nitrogens is 3. The lowest BCUT2D eigenvalue weighted by molar-refractivity contribution is 0.144. The van der Waals surface area contributed by atoms with Gasteiger partial charge in [0, 0.05) is 33.2 Å². The van der Waals surface area contributed by atoms with Gasteiger partial charge in [-0.05, 0) is 48.0 Å². The van der Waals surface area contributed by atoms with Crippen LogP contribution >= 0.6 is 12.2 Å². The third-order valence-corrected chi connectivity index (χ3v) is 8.03. The molecule has 0 bridgehead atoms. The molecule has 1 fully saturated rings. The maximum absolute atomic E-state index is 13.0. The zero-order valence-corrected chi connectivity index (χ0v) is 19.6. The summed E-state index contributed by atoms with van der Waals surface area (Å²) < 4.78 is 37.2. The highest BCUT2D eigenvalue weighted by atomic mass is 32.2. The van der Waals surface area contributed by atoms with E-state index in [1.807, 2.05) is 35.9 Å². The molecule has 1 aliphatic heterocycles. The molecule has 10 heteroatoms. The normalized spacial score (nSPS) is 16.3. The van der Waals surface area contributed by atoms with Crippen molar-refractivity contribution in [3.05, 3.63) is 53.0 Å². The lowest BCUT2D eigenvalue weighted by Gasteiger charge is -2.33. The summed E-state index contributed by atoms with van der Waals surface area (Å²) in [6, 6.07) is 10.9. The first kappa shape index (κ1) is 21.9. The van der Waals surface area contributed by atoms with Gasteiger partial charge >= 0.3 is 0 Å². The Bertz CT molecular complexity index is 1190. The van der Waals surface area contributed by atoms with Crippen LogP contribution in [0.4, 0.5) is 0 Å². The zero-order valence-electron chi connectivity index (χ0n) is 17.9. The monoisotopic (exact) mass is 461 g/mol. The highest BCUT2D eigenvalue weighted by Crippen LogP contribution is 2.22. The van der Waals surface area contributed by atoms with E-state index in [9.17, 15) is 8.42 Å². The topological polar surface area (TPSA) is 76.5 Å². The minimum absolute atomic E-state index is 0.348. The minimum atomic E-state index is -3.49. The van der Waals surface area contributed by atoms with Gasteiger partial charge in [0.1, 0.15) is 0 Å². The molecule has 0 amide bonds. The molecule has 0 N–H and O–H groups in total. The molecular weight excluding hydrogens is 434 g/mol. The number of rotatable bonds is 6. The molecule has 0 saturated carbocycles. The second-order valence-electron chi connectivity index (χ2n) is 8.03. The molecule has 31 heavy (non-hydrogen) atoms. The van der Waals surface area contributed by atoms with Crippen LogP contribution in [0.3, 0.4) is 0 Å². The van der Waals surface area contributed by atoms with Crippen LogP contribution in [0.2, 0.25) is 0 Å². The van der Waals surface area contributed by atoms with E-state index in [1.165, 1.54) is 0 Å². The van der Waals surface area contributed by atoms with Gasteiger partial charge < -0.3 is 8.98 Å². The molecule has 0 atom stereocenters. The van der Waals surface area contributed by atoms with E-state index >= 15 is 0 Å². The molecule has 3 heterocycles. The van der Waals surface area contributed by atoms with Crippen molar-refractivity contribution in [3.8, 4) is 11.6 Å². The number of sulfonamides is 1. The number of piperazine rings is 1. The molecule has 1 aliphatic rings. The first-order chi connectivity index (χ1) is 14.8. The van der Waals surface area contributed by atoms with Gasteiger partial charge in [0.25, 0.3) is 0 Å². The lowest BCUT2D eigenvalue weighted by atomic mass is 10.0. The molecule has 166 valence electrons. The summed E-state index contributed by atoms with van der Waals surface area (Å²) in [5.74, 6) is 1.69. The van der Waals surface area contributed by atoms with Crippen LogP contribution in [0.15, 0.2) is 52.0 Å². The average Bonchev–Trinajstić information content (AvgIpc) is 3.39. The van der Waals surface area contributed by atoms with Crippen molar-refractivity contribution in [1.29, 1.82) is 0 Å². The highest BCUT2D eigenvalue weighted by molar-refractivity contribution is 7.89. The summed E-state index contributed by atoms with van der Waals surface area (Å²) in [7, 11) is -1.63. The molecule has 1 aromatic carbocycles. The number of benzene rings is 1. The van der Waals surface area contributed by atoms with E-state index in [4.69, 9.17) is 16.6 Å². The molecule has 0 radical (unpaired) electrons. The third kappa shape index (κ3) is 4.38. The molecule has 3 aromatic rings. The zero-order chi connectivity index (χ0) is 22.2. The van der Waals surface area contributed by atoms with Crippen molar-refractivity contribution in [2.75, 3.05) is 26.2 Å². The molecule has 0 unspecified atom stereocenters. The fraction of sp³-hybridized carbons (Fsp3) is 0.429. The van der Waals surface area contributed by atoms with Gasteiger partial charge in [-0.3, -0.25) is 4.90 Å². The van der Waals surface area contributed by atoms with Gasteiger partial charge in [0.2, 0.25) is 10.0 Å². The van der Waals surface area contributed by atoms with Crippen LogP contribution in [0.1, 0.15) is 25.3 Å². The SMILES string of the molecule is CC(C)c1ccc(S(=O)(=O)N2CCN(Cn3nc(-c4ccco4)n(C)c3=S)CC2)cc1. The van der Waals surface area contributed by atoms with E-state index in [0.29, 0.717) is 60.0 Å². The van der Waals surface area contributed by atoms with E-state index < -0.39 is 10.0 Å². The summed E-state index contributed by atoms with van der Waals surface area (Å²) in [6.45, 7) is 6.76. The van der Waals surface area contributed by atoms with Crippen molar-refractivity contribution in [2.45, 2.75) is 31.3 Å². The minimum Gasteiger partial charge on any atom is -0.461 e. The smallest absolute Gasteiger partial charge is 0.243 e. The van der Waals surface area contributed by atoms with Crippen molar-refractivity contribution >= 4 is 22.2 Å². The summed E-state index contributed by atoms with van der Waals surface area (Å²) in [6.07, 6.45) is 1.60. The van der Waals surface area contributed by atoms with Crippen LogP contribution in [-0.2, 0) is 23.7 Å². The van der Waals surface area contributed by atoms with Gasteiger partial charge in [-0.25, -0.2) is 13.1 Å². The molecule has 1 saturated heterocycles. The van der Waals surface area contributed by atoms with Gasteiger partial charge in [0.05, 0.1) is 17.8 Å². The van der Waals surface area contributed by atoms with Gasteiger partial charge in [-0.2, -0.15) is 4.31 Å². The van der Waals surface area contributed by atoms with Gasteiger partial charge in [0.15, 0.2) is 16.4 Å². The van der Waals surface area contributed by atoms with Crippen molar-refractivity contribution in [1.82, 2.24) is 23.6 Å². The van der Waals surface area contributed by atoms with E-state index in [2.05, 4.69) is 23.8 Å². The van der Waals surface area contributed by atoms with Crippen LogP contribution in [0, 0.1) is 4.77 Å². The Labute approximate surface area is 187 Å². The third-order valence-electron chi connectivity index (χ3n) is 5.63. The molecule has 2 aromatic heterocycles. The molecular formula is C21H27N5O3S2. The fourth-order valence-corrected chi connectivity index (χ4v) is 5.28. The van der Waals surface area contributed by atoms with Crippen LogP contribution in [0.25, 0.3) is 11.6 Å². The number of furan rings is 1. The van der Waals surface area contributed by atoms with Crippen molar-refractivity contribution in [3.63, 3.8) is 0 Å². The Morgan fingerprint density at radius 1 is 1.10 bits per heavy atom. The van der Waals surface area contributed by atoms with E-state index in [1.54, 1.807) is 27.4 Å². The highest BCUT2D eigenvalue weighted by Gasteiger charge is 2.29. The second-order valence-corrected chi connectivity index (χ2v) is 10.3. The molecule has 0 spiro atoms. The lowest BCUT2D eigenvalue weighted by Crippen LogP contribution is -2.48. The maximum Gasteiger partial charge on any atom is 0.243 e. The standard InChI is InChI=1S/C21H27N5O3S2/c1-16(2)17-6-8-18(9-7-17)31(27,28)25-12-10-24(11-13-25)15-26-21(30)23(3)20(22-26)19-5-4-14-29-19/h4-9,14,16H,10-13,15H2,1-3H3. The molecule has 0 aliphatic carbocycles. The largest absolute Gasteiger partial charge is 0.461 e. The first-order valence-electron chi connectivity index (χ1n) is 10.3. The number of hydrogen-bond acceptors (Lipinski definition) is 6. The second kappa shape index (κ2) is 8.70. The number of nitrogens with zero attached hydrogens (tertiary/aromatic N) is 5. The predicted molar refractivity (Wildman–Crippen MR) is 121 cm³/mol. The molecule has 8 nitrogen and oxygen atoms in total. The van der Waals surface area contributed by atoms with Crippen LogP contribution in [-0.4, -0.2) is 58.1 Å². The average molecular weight is 462 g/mol. The maximum atomic E-state index is 13.0. The Balaban J connectivity index is 1.42. The fourth-order valence-electron chi connectivity index (χ4n) is 3.67. The van der Waals surface area contributed by atoms with Crippen molar-refractivity contribution in [2.24, 2.45) is 7.05 Å². The summed E-state index contributed by atoms with van der Waals surface area (Å²) in [4.78, 5) is 2.50. The van der Waals surface area contributed by atoms with E-state index in [-0.39, 0.29) is 0 Å². The Morgan fingerprint density at radius 2 is 1.77 bits per heavy atom. The Kier molecular flexibility index (Phi) is 6.16.